The lowest BCUT2D eigenvalue weighted by atomic mass is 10.2. The fraction of sp³-hybridized carbons (Fsp3) is 0.174. The maximum Gasteiger partial charge on any atom is 0.226 e. The average molecular weight is 407 g/mol. The third-order valence-corrected chi connectivity index (χ3v) is 5.91. The standard InChI is InChI=1S/C23H22N2O3S/c1-27-16-11-12-17(20(15-16)28-2)24-23(26)13-14-25-18-7-3-5-9-21(18)29-22-10-6-4-8-19(22)25/h3-12,15H,13-14H2,1-2H3,(H,24,26). The van der Waals surface area contributed by atoms with Gasteiger partial charge in [-0.05, 0) is 36.4 Å². The van der Waals surface area contributed by atoms with E-state index in [9.17, 15) is 4.79 Å². The van der Waals surface area contributed by atoms with Gasteiger partial charge >= 0.3 is 0 Å². The van der Waals surface area contributed by atoms with E-state index >= 15 is 0 Å². The van der Waals surface area contributed by atoms with Crippen molar-refractivity contribution in [3.05, 3.63) is 66.7 Å². The molecule has 0 spiro atoms. The van der Waals surface area contributed by atoms with Crippen LogP contribution in [-0.4, -0.2) is 26.7 Å². The molecule has 148 valence electrons. The molecule has 0 saturated carbocycles. The van der Waals surface area contributed by atoms with Crippen molar-refractivity contribution in [3.63, 3.8) is 0 Å². The summed E-state index contributed by atoms with van der Waals surface area (Å²) in [5.74, 6) is 1.18. The maximum atomic E-state index is 12.7. The lowest BCUT2D eigenvalue weighted by Crippen LogP contribution is -2.26. The molecular formula is C23H22N2O3S. The number of hydrogen-bond acceptors (Lipinski definition) is 5. The second-order valence-electron chi connectivity index (χ2n) is 6.55. The van der Waals surface area contributed by atoms with E-state index in [0.717, 1.165) is 11.4 Å². The minimum Gasteiger partial charge on any atom is -0.497 e. The van der Waals surface area contributed by atoms with Crippen LogP contribution in [0.3, 0.4) is 0 Å². The number of hydrogen-bond donors (Lipinski definition) is 1. The van der Waals surface area contributed by atoms with Gasteiger partial charge in [0.1, 0.15) is 11.5 Å². The zero-order chi connectivity index (χ0) is 20.2. The Morgan fingerprint density at radius 2 is 1.59 bits per heavy atom. The first kappa shape index (κ1) is 19.2. The minimum atomic E-state index is -0.0679. The first-order valence-electron chi connectivity index (χ1n) is 9.35. The maximum absolute atomic E-state index is 12.7. The van der Waals surface area contributed by atoms with Gasteiger partial charge in [-0.3, -0.25) is 4.79 Å². The van der Waals surface area contributed by atoms with Crippen LogP contribution in [0.1, 0.15) is 6.42 Å². The predicted octanol–water partition coefficient (Wildman–Crippen LogP) is 5.34. The highest BCUT2D eigenvalue weighted by Gasteiger charge is 2.23. The number of ether oxygens (including phenoxy) is 2. The van der Waals surface area contributed by atoms with Gasteiger partial charge in [0.2, 0.25) is 5.91 Å². The van der Waals surface area contributed by atoms with Gasteiger partial charge in [0.15, 0.2) is 0 Å². The van der Waals surface area contributed by atoms with Crippen LogP contribution in [0, 0.1) is 0 Å². The van der Waals surface area contributed by atoms with Gasteiger partial charge < -0.3 is 19.7 Å². The summed E-state index contributed by atoms with van der Waals surface area (Å²) in [7, 11) is 3.17. The van der Waals surface area contributed by atoms with E-state index in [1.54, 1.807) is 44.2 Å². The molecular weight excluding hydrogens is 384 g/mol. The summed E-state index contributed by atoms with van der Waals surface area (Å²) in [6, 6.07) is 21.9. The Bertz CT molecular complexity index is 993. The Hall–Kier alpha value is -3.12. The SMILES string of the molecule is COc1ccc(NC(=O)CCN2c3ccccc3Sc3ccccc32)c(OC)c1. The summed E-state index contributed by atoms with van der Waals surface area (Å²) in [4.78, 5) is 17.3. The summed E-state index contributed by atoms with van der Waals surface area (Å²) in [5, 5.41) is 2.95. The van der Waals surface area contributed by atoms with Gasteiger partial charge in [-0.25, -0.2) is 0 Å². The van der Waals surface area contributed by atoms with Crippen LogP contribution in [0.25, 0.3) is 0 Å². The summed E-state index contributed by atoms with van der Waals surface area (Å²) in [5.41, 5.74) is 2.89. The highest BCUT2D eigenvalue weighted by atomic mass is 32.2. The number of rotatable bonds is 6. The van der Waals surface area contributed by atoms with Crippen molar-refractivity contribution >= 4 is 34.7 Å². The van der Waals surface area contributed by atoms with Crippen LogP contribution >= 0.6 is 11.8 Å². The Morgan fingerprint density at radius 3 is 2.21 bits per heavy atom. The van der Waals surface area contributed by atoms with E-state index < -0.39 is 0 Å². The molecule has 4 rings (SSSR count). The van der Waals surface area contributed by atoms with Crippen molar-refractivity contribution in [2.45, 2.75) is 16.2 Å². The molecule has 0 fully saturated rings. The van der Waals surface area contributed by atoms with Crippen LogP contribution in [0.15, 0.2) is 76.5 Å². The van der Waals surface area contributed by atoms with Crippen molar-refractivity contribution in [1.29, 1.82) is 0 Å². The molecule has 6 heteroatoms. The molecule has 0 atom stereocenters. The number of nitrogens with one attached hydrogen (secondary N) is 1. The quantitative estimate of drug-likeness (QED) is 0.599. The van der Waals surface area contributed by atoms with Crippen LogP contribution in [0.5, 0.6) is 11.5 Å². The molecule has 1 heterocycles. The van der Waals surface area contributed by atoms with E-state index in [4.69, 9.17) is 9.47 Å². The topological polar surface area (TPSA) is 50.8 Å². The van der Waals surface area contributed by atoms with E-state index in [1.807, 2.05) is 24.3 Å². The Morgan fingerprint density at radius 1 is 0.931 bits per heavy atom. The zero-order valence-electron chi connectivity index (χ0n) is 16.3. The normalized spacial score (nSPS) is 12.0. The third-order valence-electron chi connectivity index (χ3n) is 4.78. The molecule has 29 heavy (non-hydrogen) atoms. The monoisotopic (exact) mass is 406 g/mol. The van der Waals surface area contributed by atoms with Gasteiger partial charge in [-0.15, -0.1) is 0 Å². The first-order chi connectivity index (χ1) is 14.2. The fourth-order valence-electron chi connectivity index (χ4n) is 3.35. The van der Waals surface area contributed by atoms with Crippen LogP contribution in [0.2, 0.25) is 0 Å². The number of amides is 1. The van der Waals surface area contributed by atoms with Crippen LogP contribution < -0.4 is 19.7 Å². The Labute approximate surface area is 174 Å². The van der Waals surface area contributed by atoms with E-state index in [1.165, 1.54) is 9.79 Å². The van der Waals surface area contributed by atoms with Crippen molar-refractivity contribution in [2.24, 2.45) is 0 Å². The minimum absolute atomic E-state index is 0.0679. The smallest absolute Gasteiger partial charge is 0.226 e. The predicted molar refractivity (Wildman–Crippen MR) is 117 cm³/mol. The molecule has 0 aliphatic carbocycles. The molecule has 1 aliphatic rings. The average Bonchev–Trinajstić information content (AvgIpc) is 2.76. The third kappa shape index (κ3) is 4.03. The lowest BCUT2D eigenvalue weighted by molar-refractivity contribution is -0.116. The van der Waals surface area contributed by atoms with E-state index in [0.29, 0.717) is 30.2 Å². The van der Waals surface area contributed by atoms with Crippen molar-refractivity contribution in [3.8, 4) is 11.5 Å². The van der Waals surface area contributed by atoms with Gasteiger partial charge in [-0.2, -0.15) is 0 Å². The van der Waals surface area contributed by atoms with Crippen molar-refractivity contribution in [2.75, 3.05) is 31.0 Å². The van der Waals surface area contributed by atoms with Gasteiger partial charge in [0.25, 0.3) is 0 Å². The number of nitrogens with zero attached hydrogens (tertiary/aromatic N) is 1. The molecule has 0 bridgehead atoms. The van der Waals surface area contributed by atoms with Crippen molar-refractivity contribution < 1.29 is 14.3 Å². The molecule has 3 aromatic carbocycles. The largest absolute Gasteiger partial charge is 0.497 e. The first-order valence-corrected chi connectivity index (χ1v) is 10.2. The molecule has 0 saturated heterocycles. The highest BCUT2D eigenvalue weighted by molar-refractivity contribution is 7.99. The summed E-state index contributed by atoms with van der Waals surface area (Å²) >= 11 is 1.76. The molecule has 0 unspecified atom stereocenters. The summed E-state index contributed by atoms with van der Waals surface area (Å²) < 4.78 is 10.6. The Kier molecular flexibility index (Phi) is 5.62. The fourth-order valence-corrected chi connectivity index (χ4v) is 4.45. The number of carbonyl (C=O) groups is 1. The highest BCUT2D eigenvalue weighted by Crippen LogP contribution is 2.47. The molecule has 1 aliphatic heterocycles. The van der Waals surface area contributed by atoms with Gasteiger partial charge in [0.05, 0.1) is 31.3 Å². The molecule has 0 aromatic heterocycles. The zero-order valence-corrected chi connectivity index (χ0v) is 17.2. The molecule has 5 nitrogen and oxygen atoms in total. The molecule has 3 aromatic rings. The van der Waals surface area contributed by atoms with Crippen LogP contribution in [0.4, 0.5) is 17.1 Å². The molecule has 1 N–H and O–H groups in total. The number of benzene rings is 3. The number of anilines is 3. The molecule has 0 radical (unpaired) electrons. The summed E-state index contributed by atoms with van der Waals surface area (Å²) in [6.07, 6.45) is 0.350. The number of fused-ring (bicyclic) bond motifs is 2. The number of carbonyl (C=O) groups excluding carboxylic acids is 1. The molecule has 1 amide bonds. The number of methoxy groups -OCH3 is 2. The Balaban J connectivity index is 1.50. The van der Waals surface area contributed by atoms with Crippen molar-refractivity contribution in [1.82, 2.24) is 0 Å². The number of para-hydroxylation sites is 2. The lowest BCUT2D eigenvalue weighted by Gasteiger charge is -2.32. The van der Waals surface area contributed by atoms with Gasteiger partial charge in [0, 0.05) is 28.8 Å². The van der Waals surface area contributed by atoms with E-state index in [-0.39, 0.29) is 5.91 Å². The summed E-state index contributed by atoms with van der Waals surface area (Å²) in [6.45, 7) is 0.582. The second kappa shape index (κ2) is 8.49. The van der Waals surface area contributed by atoms with Gasteiger partial charge in [-0.1, -0.05) is 36.0 Å². The second-order valence-corrected chi connectivity index (χ2v) is 7.64. The van der Waals surface area contributed by atoms with E-state index in [2.05, 4.69) is 34.5 Å². The van der Waals surface area contributed by atoms with Crippen LogP contribution in [-0.2, 0) is 4.79 Å².